The molecule has 13 heavy (non-hydrogen) atoms. The fourth-order valence-corrected chi connectivity index (χ4v) is 0.747. The Balaban J connectivity index is 0. The number of carbonyl (C=O) groups excluding carboxylic acids is 1. The number of methoxy groups -OCH3 is 1. The number of halogens is 3. The van der Waals surface area contributed by atoms with E-state index < -0.39 is 19.3 Å². The molecule has 0 saturated heterocycles. The monoisotopic (exact) mass is 222 g/mol. The summed E-state index contributed by atoms with van der Waals surface area (Å²) in [5, 5.41) is 0. The number of hydrogen-bond acceptors (Lipinski definition) is 2. The van der Waals surface area contributed by atoms with Gasteiger partial charge in [0.05, 0.1) is 7.11 Å². The van der Waals surface area contributed by atoms with Crippen molar-refractivity contribution in [2.45, 2.75) is 25.6 Å². The zero-order valence-corrected chi connectivity index (χ0v) is 11.0. The molecule has 0 rings (SSSR count). The molecule has 0 unspecified atom stereocenters. The van der Waals surface area contributed by atoms with Crippen LogP contribution in [0.3, 0.4) is 0 Å². The standard InChI is InChI=1S/C6H11BF3O2.K/c1-12-6(11)4-2-3-5-7(8,9)10;/h2-5H2,1H3;/q-1;+1. The third kappa shape index (κ3) is 13.0. The molecule has 0 N–H and O–H groups in total. The second kappa shape index (κ2) is 8.28. The number of ether oxygens (including phenoxy) is 1. The number of unbranched alkanes of at least 4 members (excludes halogenated alkanes) is 1. The normalized spacial score (nSPS) is 10.5. The average Bonchev–Trinajstić information content (AvgIpc) is 1.96. The summed E-state index contributed by atoms with van der Waals surface area (Å²) in [5.74, 6) is -0.454. The van der Waals surface area contributed by atoms with E-state index in [0.717, 1.165) is 0 Å². The Morgan fingerprint density at radius 3 is 2.23 bits per heavy atom. The second-order valence-corrected chi connectivity index (χ2v) is 2.53. The van der Waals surface area contributed by atoms with Gasteiger partial charge in [-0.25, -0.2) is 0 Å². The molecule has 0 fully saturated rings. The van der Waals surface area contributed by atoms with Gasteiger partial charge in [-0.1, -0.05) is 12.7 Å². The summed E-state index contributed by atoms with van der Waals surface area (Å²) >= 11 is 0. The van der Waals surface area contributed by atoms with Crippen LogP contribution in [-0.2, 0) is 9.53 Å². The van der Waals surface area contributed by atoms with Gasteiger partial charge in [0.2, 0.25) is 0 Å². The Labute approximate surface area is 118 Å². The zero-order chi connectivity index (χ0) is 9.61. The molecular formula is C6H11BF3KO2. The van der Waals surface area contributed by atoms with E-state index in [9.17, 15) is 17.7 Å². The number of hydrogen-bond donors (Lipinski definition) is 0. The van der Waals surface area contributed by atoms with Crippen molar-refractivity contribution < 1.29 is 73.9 Å². The predicted molar refractivity (Wildman–Crippen MR) is 39.8 cm³/mol. The summed E-state index contributed by atoms with van der Waals surface area (Å²) in [5.41, 5.74) is 0. The Morgan fingerprint density at radius 1 is 1.31 bits per heavy atom. The minimum atomic E-state index is -4.69. The van der Waals surface area contributed by atoms with E-state index in [-0.39, 0.29) is 70.6 Å². The van der Waals surface area contributed by atoms with Crippen LogP contribution in [0.15, 0.2) is 0 Å². The average molecular weight is 222 g/mol. The molecule has 0 radical (unpaired) electrons. The minimum absolute atomic E-state index is 0. The largest absolute Gasteiger partial charge is 1.00 e. The molecule has 0 aromatic heterocycles. The first-order chi connectivity index (χ1) is 5.45. The van der Waals surface area contributed by atoms with E-state index in [2.05, 4.69) is 4.74 Å². The molecule has 0 saturated carbocycles. The maximum absolute atomic E-state index is 11.6. The summed E-state index contributed by atoms with van der Waals surface area (Å²) in [4.78, 5) is 10.4. The first kappa shape index (κ1) is 16.4. The van der Waals surface area contributed by atoms with Gasteiger partial charge in [0.15, 0.2) is 0 Å². The van der Waals surface area contributed by atoms with Crippen molar-refractivity contribution in [3.05, 3.63) is 0 Å². The molecule has 0 spiro atoms. The van der Waals surface area contributed by atoms with Crippen LogP contribution in [0.25, 0.3) is 0 Å². The van der Waals surface area contributed by atoms with E-state index >= 15 is 0 Å². The van der Waals surface area contributed by atoms with Gasteiger partial charge in [0.25, 0.3) is 0 Å². The van der Waals surface area contributed by atoms with Crippen LogP contribution >= 0.6 is 0 Å². The Hall–Kier alpha value is 0.961. The predicted octanol–water partition coefficient (Wildman–Crippen LogP) is -0.819. The van der Waals surface area contributed by atoms with E-state index in [4.69, 9.17) is 0 Å². The van der Waals surface area contributed by atoms with Crippen molar-refractivity contribution in [3.8, 4) is 0 Å². The summed E-state index contributed by atoms with van der Waals surface area (Å²) in [6.07, 6.45) is -0.438. The topological polar surface area (TPSA) is 26.3 Å². The van der Waals surface area contributed by atoms with Crippen molar-refractivity contribution in [1.29, 1.82) is 0 Å². The van der Waals surface area contributed by atoms with E-state index in [1.807, 2.05) is 0 Å². The molecule has 0 heterocycles. The fraction of sp³-hybridized carbons (Fsp3) is 0.833. The van der Waals surface area contributed by atoms with E-state index in [1.165, 1.54) is 7.11 Å². The molecule has 0 aliphatic heterocycles. The molecule has 0 aromatic rings. The first-order valence-electron chi connectivity index (χ1n) is 3.73. The molecule has 72 valence electrons. The Bertz CT molecular complexity index is 151. The van der Waals surface area contributed by atoms with Crippen molar-refractivity contribution in [3.63, 3.8) is 0 Å². The molecule has 0 aromatic carbocycles. The smallest absolute Gasteiger partial charge is 0.469 e. The molecule has 0 atom stereocenters. The van der Waals surface area contributed by atoms with Gasteiger partial charge in [-0.05, 0) is 6.42 Å². The van der Waals surface area contributed by atoms with Crippen molar-refractivity contribution in [1.82, 2.24) is 0 Å². The third-order valence-electron chi connectivity index (χ3n) is 1.39. The van der Waals surface area contributed by atoms with E-state index in [1.54, 1.807) is 0 Å². The van der Waals surface area contributed by atoms with Crippen LogP contribution in [0.1, 0.15) is 19.3 Å². The van der Waals surface area contributed by atoms with Gasteiger partial charge in [-0.2, -0.15) is 0 Å². The molecule has 2 nitrogen and oxygen atoms in total. The Morgan fingerprint density at radius 2 is 1.85 bits per heavy atom. The minimum Gasteiger partial charge on any atom is -0.469 e. The van der Waals surface area contributed by atoms with Crippen molar-refractivity contribution in [2.75, 3.05) is 7.11 Å². The molecule has 0 amide bonds. The second-order valence-electron chi connectivity index (χ2n) is 2.53. The van der Waals surface area contributed by atoms with Gasteiger partial charge in [-0.15, -0.1) is 0 Å². The summed E-state index contributed by atoms with van der Waals surface area (Å²) in [7, 11) is 1.22. The fourth-order valence-electron chi connectivity index (χ4n) is 0.747. The maximum Gasteiger partial charge on any atom is 1.00 e. The zero-order valence-electron chi connectivity index (χ0n) is 7.86. The third-order valence-corrected chi connectivity index (χ3v) is 1.39. The number of esters is 1. The van der Waals surface area contributed by atoms with Crippen LogP contribution < -0.4 is 51.4 Å². The molecule has 0 bridgehead atoms. The summed E-state index contributed by atoms with van der Waals surface area (Å²) in [6.45, 7) is -4.69. The van der Waals surface area contributed by atoms with Crippen molar-refractivity contribution >= 4 is 12.9 Å². The van der Waals surface area contributed by atoms with Gasteiger partial charge in [0.1, 0.15) is 0 Å². The van der Waals surface area contributed by atoms with Gasteiger partial charge >= 0.3 is 64.3 Å². The van der Waals surface area contributed by atoms with Crippen molar-refractivity contribution in [2.24, 2.45) is 0 Å². The maximum atomic E-state index is 11.6. The Kier molecular flexibility index (Phi) is 10.4. The summed E-state index contributed by atoms with van der Waals surface area (Å²) in [6, 6.07) is 0. The SMILES string of the molecule is COC(=O)CCCC[B-](F)(F)F.[K+]. The quantitative estimate of drug-likeness (QED) is 0.345. The molecule has 0 aliphatic carbocycles. The van der Waals surface area contributed by atoms with Crippen LogP contribution in [-0.4, -0.2) is 20.1 Å². The van der Waals surface area contributed by atoms with Gasteiger partial charge < -0.3 is 17.7 Å². The summed E-state index contributed by atoms with van der Waals surface area (Å²) < 4.78 is 39.1. The van der Waals surface area contributed by atoms with Gasteiger partial charge in [0, 0.05) is 6.42 Å². The van der Waals surface area contributed by atoms with E-state index in [0.29, 0.717) is 0 Å². The number of rotatable bonds is 5. The first-order valence-corrected chi connectivity index (χ1v) is 3.73. The molecule has 7 heteroatoms. The van der Waals surface area contributed by atoms with Crippen LogP contribution in [0.5, 0.6) is 0 Å². The van der Waals surface area contributed by atoms with Crippen LogP contribution in [0.2, 0.25) is 6.32 Å². The van der Waals surface area contributed by atoms with Gasteiger partial charge in [-0.3, -0.25) is 4.79 Å². The van der Waals surface area contributed by atoms with Crippen LogP contribution in [0.4, 0.5) is 12.9 Å². The van der Waals surface area contributed by atoms with Crippen LogP contribution in [0, 0.1) is 0 Å². The molecular weight excluding hydrogens is 211 g/mol. The number of carbonyl (C=O) groups is 1. The molecule has 0 aliphatic rings.